The van der Waals surface area contributed by atoms with Crippen LogP contribution in [-0.4, -0.2) is 54.2 Å². The van der Waals surface area contributed by atoms with Crippen molar-refractivity contribution >= 4 is 17.8 Å². The standard InChI is InChI=1S/C18H24ClN5/c1-14-4-6-16(7-5-14)13-24-18(19)17(15(2)21-24)12-20-23-10-8-22(3)9-11-23/h4-7,12H,8-11,13H2,1-3H3/p+1/b20-12-. The first-order chi connectivity index (χ1) is 11.5. The molecule has 0 atom stereocenters. The Hall–Kier alpha value is -1.85. The molecule has 3 rings (SSSR count). The molecule has 24 heavy (non-hydrogen) atoms. The Labute approximate surface area is 148 Å². The number of nitrogens with one attached hydrogen (secondary N) is 1. The van der Waals surface area contributed by atoms with E-state index in [0.29, 0.717) is 11.7 Å². The molecule has 1 aliphatic heterocycles. The van der Waals surface area contributed by atoms with Crippen LogP contribution in [0.3, 0.4) is 0 Å². The molecule has 1 aliphatic rings. The molecule has 1 fully saturated rings. The van der Waals surface area contributed by atoms with Gasteiger partial charge in [0.05, 0.1) is 57.2 Å². The van der Waals surface area contributed by atoms with Crippen LogP contribution in [0.4, 0.5) is 0 Å². The van der Waals surface area contributed by atoms with E-state index in [1.807, 2.05) is 17.8 Å². The van der Waals surface area contributed by atoms with Gasteiger partial charge in [-0.25, -0.2) is 4.68 Å². The van der Waals surface area contributed by atoms with E-state index in [1.54, 1.807) is 4.90 Å². The third kappa shape index (κ3) is 3.97. The van der Waals surface area contributed by atoms with E-state index in [4.69, 9.17) is 11.6 Å². The number of likely N-dealkylation sites (N-methyl/N-ethyl adjacent to an activating group) is 1. The molecule has 0 unspecified atom stereocenters. The second-order valence-electron chi connectivity index (χ2n) is 6.59. The van der Waals surface area contributed by atoms with Gasteiger partial charge in [0.2, 0.25) is 0 Å². The van der Waals surface area contributed by atoms with Crippen molar-refractivity contribution in [3.63, 3.8) is 0 Å². The van der Waals surface area contributed by atoms with Gasteiger partial charge in [-0.3, -0.25) is 5.01 Å². The van der Waals surface area contributed by atoms with Gasteiger partial charge in [0.15, 0.2) is 0 Å². The van der Waals surface area contributed by atoms with Crippen LogP contribution >= 0.6 is 11.6 Å². The summed E-state index contributed by atoms with van der Waals surface area (Å²) >= 11 is 6.54. The van der Waals surface area contributed by atoms with Crippen LogP contribution in [0.25, 0.3) is 0 Å². The topological polar surface area (TPSA) is 37.9 Å². The summed E-state index contributed by atoms with van der Waals surface area (Å²) in [6.07, 6.45) is 1.86. The number of aromatic nitrogens is 2. The molecule has 2 heterocycles. The van der Waals surface area contributed by atoms with Crippen LogP contribution in [0.2, 0.25) is 5.15 Å². The number of nitrogens with zero attached hydrogens (tertiary/aromatic N) is 4. The van der Waals surface area contributed by atoms with Gasteiger partial charge in [0.1, 0.15) is 5.15 Å². The number of quaternary nitrogens is 1. The van der Waals surface area contributed by atoms with E-state index >= 15 is 0 Å². The Balaban J connectivity index is 1.73. The second-order valence-corrected chi connectivity index (χ2v) is 6.95. The van der Waals surface area contributed by atoms with E-state index in [-0.39, 0.29) is 0 Å². The van der Waals surface area contributed by atoms with Gasteiger partial charge in [-0.2, -0.15) is 10.2 Å². The Morgan fingerprint density at radius 1 is 1.21 bits per heavy atom. The highest BCUT2D eigenvalue weighted by Gasteiger charge is 2.16. The van der Waals surface area contributed by atoms with Crippen LogP contribution < -0.4 is 4.90 Å². The summed E-state index contributed by atoms with van der Waals surface area (Å²) in [4.78, 5) is 1.56. The van der Waals surface area contributed by atoms with Crippen LogP contribution in [0.1, 0.15) is 22.4 Å². The molecular formula is C18H25ClN5+. The van der Waals surface area contributed by atoms with Gasteiger partial charge < -0.3 is 4.90 Å². The van der Waals surface area contributed by atoms with Crippen molar-refractivity contribution < 1.29 is 4.90 Å². The van der Waals surface area contributed by atoms with Gasteiger partial charge in [-0.05, 0) is 19.4 Å². The summed E-state index contributed by atoms with van der Waals surface area (Å²) in [5.74, 6) is 0. The maximum absolute atomic E-state index is 6.54. The zero-order valence-corrected chi connectivity index (χ0v) is 15.3. The lowest BCUT2D eigenvalue weighted by molar-refractivity contribution is -0.884. The number of aryl methyl sites for hydroxylation is 2. The molecule has 0 amide bonds. The van der Waals surface area contributed by atoms with Gasteiger partial charge in [-0.1, -0.05) is 41.4 Å². The SMILES string of the molecule is Cc1ccc(Cn2nc(C)c(/C=N\N3CC[NH+](C)CC3)c2Cl)cc1. The largest absolute Gasteiger partial charge is 0.334 e. The van der Waals surface area contributed by atoms with E-state index in [2.05, 4.69) is 53.4 Å². The van der Waals surface area contributed by atoms with Gasteiger partial charge >= 0.3 is 0 Å². The molecule has 0 saturated carbocycles. The summed E-state index contributed by atoms with van der Waals surface area (Å²) < 4.78 is 1.84. The van der Waals surface area contributed by atoms with Gasteiger partial charge in [0, 0.05) is 0 Å². The highest BCUT2D eigenvalue weighted by atomic mass is 35.5. The molecule has 0 spiro atoms. The fourth-order valence-corrected chi connectivity index (χ4v) is 3.10. The highest BCUT2D eigenvalue weighted by molar-refractivity contribution is 6.32. The summed E-state index contributed by atoms with van der Waals surface area (Å²) in [5, 5.41) is 11.9. The first kappa shape index (κ1) is 17.0. The molecule has 0 bridgehead atoms. The lowest BCUT2D eigenvalue weighted by Gasteiger charge is -2.27. The quantitative estimate of drug-likeness (QED) is 0.849. The minimum atomic E-state index is 0.650. The molecule has 128 valence electrons. The zero-order valence-electron chi connectivity index (χ0n) is 14.6. The Morgan fingerprint density at radius 2 is 1.88 bits per heavy atom. The Bertz CT molecular complexity index is 712. The minimum Gasteiger partial charge on any atom is -0.334 e. The molecular weight excluding hydrogens is 322 g/mol. The summed E-state index contributed by atoms with van der Waals surface area (Å²) in [5.41, 5.74) is 4.27. The number of hydrogen-bond acceptors (Lipinski definition) is 3. The molecule has 1 aromatic heterocycles. The lowest BCUT2D eigenvalue weighted by Crippen LogP contribution is -3.11. The maximum Gasteiger partial charge on any atom is 0.136 e. The van der Waals surface area contributed by atoms with Crippen LogP contribution in [0.5, 0.6) is 0 Å². The Morgan fingerprint density at radius 3 is 2.54 bits per heavy atom. The maximum atomic E-state index is 6.54. The predicted octanol–water partition coefficient (Wildman–Crippen LogP) is 1.37. The van der Waals surface area contributed by atoms with Crippen LogP contribution in [0.15, 0.2) is 29.4 Å². The molecule has 1 N–H and O–H groups in total. The zero-order chi connectivity index (χ0) is 17.1. The molecule has 1 aromatic carbocycles. The van der Waals surface area contributed by atoms with E-state index < -0.39 is 0 Å². The number of benzene rings is 1. The molecule has 0 aliphatic carbocycles. The van der Waals surface area contributed by atoms with Crippen molar-refractivity contribution in [2.75, 3.05) is 33.2 Å². The predicted molar refractivity (Wildman–Crippen MR) is 98.0 cm³/mol. The normalized spacial score (nSPS) is 16.2. The van der Waals surface area contributed by atoms with E-state index in [0.717, 1.165) is 37.4 Å². The summed E-state index contributed by atoms with van der Waals surface area (Å²) in [6.45, 7) is 8.95. The average molecular weight is 347 g/mol. The van der Waals surface area contributed by atoms with Crippen molar-refractivity contribution in [2.45, 2.75) is 20.4 Å². The van der Waals surface area contributed by atoms with Crippen molar-refractivity contribution in [3.8, 4) is 0 Å². The number of piperazine rings is 1. The van der Waals surface area contributed by atoms with Crippen molar-refractivity contribution in [3.05, 3.63) is 51.8 Å². The number of hydrogen-bond donors (Lipinski definition) is 1. The van der Waals surface area contributed by atoms with E-state index in [1.165, 1.54) is 11.1 Å². The molecule has 6 heteroatoms. The van der Waals surface area contributed by atoms with Gasteiger partial charge in [-0.15, -0.1) is 0 Å². The van der Waals surface area contributed by atoms with E-state index in [9.17, 15) is 0 Å². The van der Waals surface area contributed by atoms with Crippen molar-refractivity contribution in [1.82, 2.24) is 14.8 Å². The van der Waals surface area contributed by atoms with Crippen LogP contribution in [-0.2, 0) is 6.54 Å². The third-order valence-corrected chi connectivity index (χ3v) is 4.90. The van der Waals surface area contributed by atoms with Crippen molar-refractivity contribution in [2.24, 2.45) is 5.10 Å². The second kappa shape index (κ2) is 7.36. The lowest BCUT2D eigenvalue weighted by atomic mass is 10.1. The molecule has 5 nitrogen and oxygen atoms in total. The first-order valence-electron chi connectivity index (χ1n) is 8.41. The molecule has 2 aromatic rings. The number of hydrazone groups is 1. The fraction of sp³-hybridized carbons (Fsp3) is 0.444. The summed E-state index contributed by atoms with van der Waals surface area (Å²) in [7, 11) is 2.22. The highest BCUT2D eigenvalue weighted by Crippen LogP contribution is 2.19. The summed E-state index contributed by atoms with van der Waals surface area (Å²) in [6, 6.07) is 8.45. The molecule has 1 saturated heterocycles. The minimum absolute atomic E-state index is 0.650. The average Bonchev–Trinajstić information content (AvgIpc) is 2.83. The smallest absolute Gasteiger partial charge is 0.136 e. The van der Waals surface area contributed by atoms with Crippen LogP contribution in [0, 0.1) is 13.8 Å². The monoisotopic (exact) mass is 346 g/mol. The molecule has 0 radical (unpaired) electrons. The van der Waals surface area contributed by atoms with Crippen molar-refractivity contribution in [1.29, 1.82) is 0 Å². The number of rotatable bonds is 4. The third-order valence-electron chi connectivity index (χ3n) is 4.51. The fourth-order valence-electron chi connectivity index (χ4n) is 2.82. The Kier molecular flexibility index (Phi) is 5.21. The first-order valence-corrected chi connectivity index (χ1v) is 8.79. The number of halogens is 1. The van der Waals surface area contributed by atoms with Gasteiger partial charge in [0.25, 0.3) is 0 Å².